The number of nitrogens with zero attached hydrogens (tertiary/aromatic N) is 2. The Kier molecular flexibility index (Phi) is 6.16. The van der Waals surface area contributed by atoms with E-state index in [4.69, 9.17) is 0 Å². The van der Waals surface area contributed by atoms with Crippen molar-refractivity contribution in [3.63, 3.8) is 0 Å². The Morgan fingerprint density at radius 2 is 1.48 bits per heavy atom. The quantitative estimate of drug-likeness (QED) is 0.586. The molecule has 3 nitrogen and oxygen atoms in total. The third-order valence-corrected chi connectivity index (χ3v) is 4.22. The lowest BCUT2D eigenvalue weighted by Crippen LogP contribution is -1.96. The van der Waals surface area contributed by atoms with Crippen molar-refractivity contribution in [2.45, 2.75) is 13.8 Å². The van der Waals surface area contributed by atoms with Gasteiger partial charge in [-0.2, -0.15) is 0 Å². The molecule has 0 saturated carbocycles. The molecule has 0 aliphatic rings. The SMILES string of the molecule is CN/C=C(\C=C/C(C)C)c1cc(-c2cccnc2)cc(-c2cccnc2)c1. The van der Waals surface area contributed by atoms with Crippen LogP contribution >= 0.6 is 0 Å². The predicted octanol–water partition coefficient (Wildman–Crippen LogP) is 5.58. The summed E-state index contributed by atoms with van der Waals surface area (Å²) >= 11 is 0. The minimum absolute atomic E-state index is 0.490. The lowest BCUT2D eigenvalue weighted by atomic mass is 9.94. The summed E-state index contributed by atoms with van der Waals surface area (Å²) in [6, 6.07) is 14.7. The van der Waals surface area contributed by atoms with Crippen LogP contribution in [0.25, 0.3) is 27.8 Å². The number of allylic oxidation sites excluding steroid dienone is 3. The van der Waals surface area contributed by atoms with Crippen molar-refractivity contribution in [1.82, 2.24) is 15.3 Å². The second kappa shape index (κ2) is 8.95. The van der Waals surface area contributed by atoms with Gasteiger partial charge in [0.2, 0.25) is 0 Å². The highest BCUT2D eigenvalue weighted by Gasteiger charge is 2.08. The molecule has 0 radical (unpaired) electrons. The van der Waals surface area contributed by atoms with Gasteiger partial charge in [0.1, 0.15) is 0 Å². The van der Waals surface area contributed by atoms with Gasteiger partial charge in [-0.15, -0.1) is 0 Å². The summed E-state index contributed by atoms with van der Waals surface area (Å²) in [4.78, 5) is 8.56. The van der Waals surface area contributed by atoms with E-state index in [-0.39, 0.29) is 0 Å². The summed E-state index contributed by atoms with van der Waals surface area (Å²) in [5, 5.41) is 3.17. The second-order valence-corrected chi connectivity index (χ2v) is 6.77. The van der Waals surface area contributed by atoms with E-state index in [9.17, 15) is 0 Å². The highest BCUT2D eigenvalue weighted by atomic mass is 14.8. The van der Waals surface area contributed by atoms with E-state index >= 15 is 0 Å². The molecule has 3 aromatic rings. The topological polar surface area (TPSA) is 37.8 Å². The second-order valence-electron chi connectivity index (χ2n) is 6.77. The molecule has 1 N–H and O–H groups in total. The van der Waals surface area contributed by atoms with Crippen molar-refractivity contribution >= 4 is 5.57 Å². The third kappa shape index (κ3) is 4.91. The molecule has 0 saturated heterocycles. The van der Waals surface area contributed by atoms with E-state index in [1.807, 2.05) is 37.8 Å². The molecule has 27 heavy (non-hydrogen) atoms. The molecule has 0 unspecified atom stereocenters. The van der Waals surface area contributed by atoms with E-state index in [0.29, 0.717) is 5.92 Å². The highest BCUT2D eigenvalue weighted by molar-refractivity contribution is 5.82. The van der Waals surface area contributed by atoms with Gasteiger partial charge in [-0.1, -0.05) is 38.1 Å². The molecule has 0 aliphatic carbocycles. The van der Waals surface area contributed by atoms with Gasteiger partial charge in [-0.25, -0.2) is 0 Å². The highest BCUT2D eigenvalue weighted by Crippen LogP contribution is 2.31. The molecule has 2 heterocycles. The molecule has 0 bridgehead atoms. The first kappa shape index (κ1) is 18.6. The molecule has 0 amide bonds. The number of pyridine rings is 2. The van der Waals surface area contributed by atoms with Gasteiger partial charge in [-0.05, 0) is 58.5 Å². The summed E-state index contributed by atoms with van der Waals surface area (Å²) in [7, 11) is 1.93. The average molecular weight is 355 g/mol. The molecule has 2 aromatic heterocycles. The van der Waals surface area contributed by atoms with Crippen molar-refractivity contribution in [1.29, 1.82) is 0 Å². The number of hydrogen-bond donors (Lipinski definition) is 1. The van der Waals surface area contributed by atoms with Crippen molar-refractivity contribution < 1.29 is 0 Å². The lowest BCUT2D eigenvalue weighted by Gasteiger charge is -2.12. The maximum Gasteiger partial charge on any atom is 0.0346 e. The minimum Gasteiger partial charge on any atom is -0.393 e. The first-order chi connectivity index (χ1) is 13.2. The van der Waals surface area contributed by atoms with Crippen LogP contribution < -0.4 is 5.32 Å². The van der Waals surface area contributed by atoms with E-state index in [2.05, 4.69) is 71.6 Å². The summed E-state index contributed by atoms with van der Waals surface area (Å²) < 4.78 is 0. The molecule has 0 spiro atoms. The van der Waals surface area contributed by atoms with Crippen LogP contribution in [-0.2, 0) is 0 Å². The Morgan fingerprint density at radius 1 is 0.889 bits per heavy atom. The third-order valence-electron chi connectivity index (χ3n) is 4.22. The maximum absolute atomic E-state index is 4.28. The first-order valence-corrected chi connectivity index (χ1v) is 9.19. The number of nitrogens with one attached hydrogen (secondary N) is 1. The van der Waals surface area contributed by atoms with Crippen LogP contribution in [0.4, 0.5) is 0 Å². The van der Waals surface area contributed by atoms with E-state index in [1.165, 1.54) is 0 Å². The molecule has 136 valence electrons. The van der Waals surface area contributed by atoms with Gasteiger partial charge in [0.15, 0.2) is 0 Å². The molecule has 0 fully saturated rings. The van der Waals surface area contributed by atoms with E-state index in [1.54, 1.807) is 12.4 Å². The summed E-state index contributed by atoms with van der Waals surface area (Å²) in [5.41, 5.74) is 6.77. The van der Waals surface area contributed by atoms with Crippen molar-refractivity contribution in [2.24, 2.45) is 5.92 Å². The molecule has 1 aromatic carbocycles. The van der Waals surface area contributed by atoms with Crippen molar-refractivity contribution in [2.75, 3.05) is 7.05 Å². The Labute approximate surface area is 161 Å². The summed E-state index contributed by atoms with van der Waals surface area (Å²) in [6.07, 6.45) is 13.8. The van der Waals surface area contributed by atoms with Gasteiger partial charge in [-0.3, -0.25) is 9.97 Å². The average Bonchev–Trinajstić information content (AvgIpc) is 2.72. The predicted molar refractivity (Wildman–Crippen MR) is 114 cm³/mol. The smallest absolute Gasteiger partial charge is 0.0346 e. The van der Waals surface area contributed by atoms with Crippen molar-refractivity contribution in [3.05, 3.63) is 91.2 Å². The fourth-order valence-corrected chi connectivity index (χ4v) is 2.87. The Morgan fingerprint density at radius 3 is 1.93 bits per heavy atom. The van der Waals surface area contributed by atoms with Crippen molar-refractivity contribution in [3.8, 4) is 22.3 Å². The Bertz CT molecular complexity index is 869. The van der Waals surface area contributed by atoms with Crippen LogP contribution in [0.3, 0.4) is 0 Å². The summed E-state index contributed by atoms with van der Waals surface area (Å²) in [5.74, 6) is 0.490. The molecular formula is C24H25N3. The zero-order valence-electron chi connectivity index (χ0n) is 16.1. The first-order valence-electron chi connectivity index (χ1n) is 9.19. The number of rotatable bonds is 6. The monoisotopic (exact) mass is 355 g/mol. The fourth-order valence-electron chi connectivity index (χ4n) is 2.87. The maximum atomic E-state index is 4.28. The van der Waals surface area contributed by atoms with Crippen LogP contribution in [-0.4, -0.2) is 17.0 Å². The van der Waals surface area contributed by atoms with Crippen LogP contribution in [0.2, 0.25) is 0 Å². The lowest BCUT2D eigenvalue weighted by molar-refractivity contribution is 0.832. The number of aromatic nitrogens is 2. The molecule has 0 atom stereocenters. The standard InChI is InChI=1S/C24H25N3/c1-18(2)8-9-21(15-25-3)24-13-22(19-6-4-10-26-16-19)12-23(14-24)20-7-5-11-27-17-20/h4-18,25H,1-3H3/b9-8-,21-15+. The zero-order chi connectivity index (χ0) is 19.1. The van der Waals surface area contributed by atoms with E-state index < -0.39 is 0 Å². The molecule has 3 rings (SSSR count). The Hall–Kier alpha value is -3.20. The largest absolute Gasteiger partial charge is 0.393 e. The molecule has 3 heteroatoms. The minimum atomic E-state index is 0.490. The van der Waals surface area contributed by atoms with E-state index in [0.717, 1.165) is 33.4 Å². The van der Waals surface area contributed by atoms with Gasteiger partial charge >= 0.3 is 0 Å². The zero-order valence-corrected chi connectivity index (χ0v) is 16.1. The van der Waals surface area contributed by atoms with Crippen LogP contribution in [0, 0.1) is 5.92 Å². The normalized spacial score (nSPS) is 11.9. The van der Waals surface area contributed by atoms with Crippen LogP contribution in [0.1, 0.15) is 19.4 Å². The van der Waals surface area contributed by atoms with Crippen LogP contribution in [0.5, 0.6) is 0 Å². The number of hydrogen-bond acceptors (Lipinski definition) is 3. The number of benzene rings is 1. The van der Waals surface area contributed by atoms with Crippen LogP contribution in [0.15, 0.2) is 85.6 Å². The van der Waals surface area contributed by atoms with Gasteiger partial charge < -0.3 is 5.32 Å². The van der Waals surface area contributed by atoms with Gasteiger partial charge in [0, 0.05) is 49.2 Å². The fraction of sp³-hybridized carbons (Fsp3) is 0.167. The van der Waals surface area contributed by atoms with Gasteiger partial charge in [0.05, 0.1) is 0 Å². The Balaban J connectivity index is 2.16. The van der Waals surface area contributed by atoms with Gasteiger partial charge in [0.25, 0.3) is 0 Å². The molecule has 0 aliphatic heterocycles. The molecular weight excluding hydrogens is 330 g/mol. The summed E-state index contributed by atoms with van der Waals surface area (Å²) in [6.45, 7) is 4.36.